The molecular weight excluding hydrogens is 457 g/mol. The lowest BCUT2D eigenvalue weighted by Gasteiger charge is -2.16. The van der Waals surface area contributed by atoms with E-state index in [0.717, 1.165) is 18.2 Å². The molecule has 0 aliphatic carbocycles. The molecule has 3 rings (SSSR count). The lowest BCUT2D eigenvalue weighted by molar-refractivity contribution is -0.274. The fourth-order valence-electron chi connectivity index (χ4n) is 2.94. The van der Waals surface area contributed by atoms with Crippen LogP contribution >= 0.6 is 0 Å². The van der Waals surface area contributed by atoms with Crippen LogP contribution in [0.15, 0.2) is 36.5 Å². The summed E-state index contributed by atoms with van der Waals surface area (Å²) in [5.74, 6) is -0.804. The van der Waals surface area contributed by atoms with E-state index in [4.69, 9.17) is 9.29 Å². The highest BCUT2D eigenvalue weighted by Crippen LogP contribution is 2.34. The van der Waals surface area contributed by atoms with E-state index in [1.807, 2.05) is 0 Å². The minimum Gasteiger partial charge on any atom is -0.409 e. The molecule has 1 saturated heterocycles. The van der Waals surface area contributed by atoms with Gasteiger partial charge in [0.05, 0.1) is 5.69 Å². The summed E-state index contributed by atoms with van der Waals surface area (Å²) in [5.41, 5.74) is 0.782. The zero-order valence-electron chi connectivity index (χ0n) is 16.5. The standard InChI is InChI=1S/C18H17F3N4O6S/c1-24-6-7-25(17(24)27)10-11-2-4-14(22-9-11)13-8-12(31-18(19,20)21)3-5-15(13)30-16(26)23-32(28)29/h2-5,8-9H,6-7,10H2,1H3,(H,23,26)(H,28,29). The van der Waals surface area contributed by atoms with Crippen LogP contribution in [-0.4, -0.2) is 62.2 Å². The number of ether oxygens (including phenoxy) is 2. The number of pyridine rings is 1. The molecule has 3 amide bonds. The van der Waals surface area contributed by atoms with Crippen LogP contribution in [-0.2, 0) is 17.8 Å². The first kappa shape index (κ1) is 23.3. The van der Waals surface area contributed by atoms with Gasteiger partial charge in [-0.1, -0.05) is 6.07 Å². The lowest BCUT2D eigenvalue weighted by atomic mass is 10.1. The highest BCUT2D eigenvalue weighted by molar-refractivity contribution is 7.77. The van der Waals surface area contributed by atoms with E-state index in [9.17, 15) is 27.0 Å². The number of hydrogen-bond donors (Lipinski definition) is 2. The number of alkyl halides is 3. The molecule has 1 aromatic carbocycles. The SMILES string of the molecule is CN1CCN(Cc2ccc(-c3cc(OC(F)(F)F)ccc3OC(=O)NS(=O)O)nc2)C1=O. The zero-order chi connectivity index (χ0) is 23.5. The van der Waals surface area contributed by atoms with Gasteiger partial charge in [0.2, 0.25) is 0 Å². The van der Waals surface area contributed by atoms with Crippen molar-refractivity contribution in [2.24, 2.45) is 0 Å². The first-order valence-electron chi connectivity index (χ1n) is 8.96. The average Bonchev–Trinajstić information content (AvgIpc) is 3.00. The second-order valence-corrected chi connectivity index (χ2v) is 7.33. The Morgan fingerprint density at radius 2 is 2.03 bits per heavy atom. The van der Waals surface area contributed by atoms with Crippen LogP contribution in [0.2, 0.25) is 0 Å². The van der Waals surface area contributed by atoms with Crippen LogP contribution in [0.3, 0.4) is 0 Å². The molecule has 0 spiro atoms. The normalized spacial score (nSPS) is 15.0. The Hall–Kier alpha value is -3.39. The summed E-state index contributed by atoms with van der Waals surface area (Å²) >= 11 is -2.70. The van der Waals surface area contributed by atoms with E-state index in [0.29, 0.717) is 25.2 Å². The number of rotatable bonds is 6. The maximum atomic E-state index is 12.6. The van der Waals surface area contributed by atoms with Crippen molar-refractivity contribution >= 4 is 23.4 Å². The van der Waals surface area contributed by atoms with Crippen molar-refractivity contribution in [2.45, 2.75) is 12.9 Å². The minimum atomic E-state index is -4.95. The molecule has 172 valence electrons. The molecule has 1 fully saturated rings. The smallest absolute Gasteiger partial charge is 0.409 e. The second kappa shape index (κ2) is 9.40. The summed E-state index contributed by atoms with van der Waals surface area (Å²) in [7, 11) is 1.68. The average molecular weight is 474 g/mol. The summed E-state index contributed by atoms with van der Waals surface area (Å²) in [5, 5.41) is 0. The predicted molar refractivity (Wildman–Crippen MR) is 105 cm³/mol. The number of hydrogen-bond acceptors (Lipinski definition) is 6. The quantitative estimate of drug-likeness (QED) is 0.618. The van der Waals surface area contributed by atoms with E-state index in [1.165, 1.54) is 12.3 Å². The molecular formula is C18H17F3N4O6S. The third-order valence-corrected chi connectivity index (χ3v) is 4.68. The first-order valence-corrected chi connectivity index (χ1v) is 10.1. The number of carbonyl (C=O) groups is 2. The molecule has 32 heavy (non-hydrogen) atoms. The van der Waals surface area contributed by atoms with E-state index in [-0.39, 0.29) is 23.0 Å². The van der Waals surface area contributed by atoms with Gasteiger partial charge in [0, 0.05) is 38.4 Å². The molecule has 0 saturated carbocycles. The predicted octanol–water partition coefficient (Wildman–Crippen LogP) is 2.74. The van der Waals surface area contributed by atoms with E-state index in [2.05, 4.69) is 9.72 Å². The van der Waals surface area contributed by atoms with Gasteiger partial charge in [-0.25, -0.2) is 18.5 Å². The highest BCUT2D eigenvalue weighted by atomic mass is 32.2. The Morgan fingerprint density at radius 1 is 1.28 bits per heavy atom. The molecule has 1 aromatic heterocycles. The number of benzene rings is 1. The number of amides is 3. The van der Waals surface area contributed by atoms with Gasteiger partial charge >= 0.3 is 18.5 Å². The Balaban J connectivity index is 1.87. The van der Waals surface area contributed by atoms with Crippen LogP contribution in [0, 0.1) is 0 Å². The van der Waals surface area contributed by atoms with E-state index in [1.54, 1.807) is 27.6 Å². The van der Waals surface area contributed by atoms with Crippen molar-refractivity contribution in [3.63, 3.8) is 0 Å². The first-order chi connectivity index (χ1) is 15.0. The molecule has 14 heteroatoms. The molecule has 10 nitrogen and oxygen atoms in total. The number of urea groups is 1. The summed E-state index contributed by atoms with van der Waals surface area (Å²) in [6.07, 6.45) is -4.81. The summed E-state index contributed by atoms with van der Waals surface area (Å²) in [6, 6.07) is 5.88. The number of aromatic nitrogens is 1. The highest BCUT2D eigenvalue weighted by Gasteiger charge is 2.31. The van der Waals surface area contributed by atoms with Gasteiger partial charge in [0.15, 0.2) is 0 Å². The van der Waals surface area contributed by atoms with E-state index < -0.39 is 29.5 Å². The molecule has 2 heterocycles. The largest absolute Gasteiger partial charge is 0.573 e. The Kier molecular flexibility index (Phi) is 6.84. The van der Waals surface area contributed by atoms with Crippen LogP contribution in [0.4, 0.5) is 22.8 Å². The van der Waals surface area contributed by atoms with Crippen molar-refractivity contribution in [1.29, 1.82) is 0 Å². The van der Waals surface area contributed by atoms with Gasteiger partial charge in [0.25, 0.3) is 11.3 Å². The Bertz CT molecular complexity index is 1030. The van der Waals surface area contributed by atoms with Crippen molar-refractivity contribution in [1.82, 2.24) is 19.5 Å². The van der Waals surface area contributed by atoms with Gasteiger partial charge in [-0.15, -0.1) is 13.2 Å². The zero-order valence-corrected chi connectivity index (χ0v) is 17.3. The van der Waals surface area contributed by atoms with Crippen LogP contribution in [0.1, 0.15) is 5.56 Å². The lowest BCUT2D eigenvalue weighted by Crippen LogP contribution is -2.29. The molecule has 1 unspecified atom stereocenters. The Morgan fingerprint density at radius 3 is 2.59 bits per heavy atom. The van der Waals surface area contributed by atoms with Gasteiger partial charge in [-0.3, -0.25) is 9.54 Å². The molecule has 2 aromatic rings. The monoisotopic (exact) mass is 474 g/mol. The molecule has 0 radical (unpaired) electrons. The van der Waals surface area contributed by atoms with Gasteiger partial charge in [0.1, 0.15) is 11.5 Å². The van der Waals surface area contributed by atoms with Gasteiger partial charge in [-0.05, 0) is 29.8 Å². The van der Waals surface area contributed by atoms with Crippen LogP contribution in [0.5, 0.6) is 11.5 Å². The van der Waals surface area contributed by atoms with Gasteiger partial charge in [-0.2, -0.15) is 0 Å². The number of carbonyl (C=O) groups excluding carboxylic acids is 2. The summed E-state index contributed by atoms with van der Waals surface area (Å²) in [6.45, 7) is 1.44. The van der Waals surface area contributed by atoms with Crippen molar-refractivity contribution in [3.8, 4) is 22.8 Å². The fourth-order valence-corrected chi connectivity index (χ4v) is 3.12. The van der Waals surface area contributed by atoms with Gasteiger partial charge < -0.3 is 19.3 Å². The van der Waals surface area contributed by atoms with E-state index >= 15 is 0 Å². The number of halogens is 3. The third-order valence-electron chi connectivity index (χ3n) is 4.33. The molecule has 1 atom stereocenters. The summed E-state index contributed by atoms with van der Waals surface area (Å²) < 4.78 is 67.6. The molecule has 1 aliphatic rings. The fraction of sp³-hybridized carbons (Fsp3) is 0.278. The third kappa shape index (κ3) is 6.07. The maximum Gasteiger partial charge on any atom is 0.573 e. The minimum absolute atomic E-state index is 0.0332. The number of likely N-dealkylation sites (N-methyl/N-ethyl adjacent to an activating group) is 1. The topological polar surface area (TPSA) is 121 Å². The Labute approximate surface area is 182 Å². The molecule has 2 N–H and O–H groups in total. The number of nitrogens with one attached hydrogen (secondary N) is 1. The van der Waals surface area contributed by atoms with Crippen molar-refractivity contribution in [2.75, 3.05) is 20.1 Å². The van der Waals surface area contributed by atoms with Crippen molar-refractivity contribution < 1.29 is 41.0 Å². The summed E-state index contributed by atoms with van der Waals surface area (Å²) in [4.78, 5) is 31.0. The van der Waals surface area contributed by atoms with Crippen molar-refractivity contribution in [3.05, 3.63) is 42.1 Å². The van der Waals surface area contributed by atoms with Crippen LogP contribution in [0.25, 0.3) is 11.3 Å². The van der Waals surface area contributed by atoms with Crippen LogP contribution < -0.4 is 14.2 Å². The molecule has 0 bridgehead atoms. The molecule has 1 aliphatic heterocycles. The maximum absolute atomic E-state index is 12.6. The second-order valence-electron chi connectivity index (χ2n) is 6.62. The number of nitrogens with zero attached hydrogens (tertiary/aromatic N) is 3.